The Balaban J connectivity index is 2.19. The summed E-state index contributed by atoms with van der Waals surface area (Å²) in [4.78, 5) is 33.8. The van der Waals surface area contributed by atoms with Gasteiger partial charge in [-0.15, -0.1) is 0 Å². The fourth-order valence-electron chi connectivity index (χ4n) is 2.22. The Morgan fingerprint density at radius 1 is 1.18 bits per heavy atom. The molecule has 0 radical (unpaired) electrons. The molecule has 8 nitrogen and oxygen atoms in total. The molecule has 0 aliphatic heterocycles. The lowest BCUT2D eigenvalue weighted by Crippen LogP contribution is -2.24. The first-order chi connectivity index (χ1) is 13.1. The smallest absolute Gasteiger partial charge is 0.422 e. The highest BCUT2D eigenvalue weighted by Crippen LogP contribution is 2.26. The molecule has 3 N–H and O–H groups in total. The van der Waals surface area contributed by atoms with E-state index in [9.17, 15) is 32.9 Å². The highest BCUT2D eigenvalue weighted by atomic mass is 19.4. The lowest BCUT2D eigenvalue weighted by atomic mass is 10.1. The highest BCUT2D eigenvalue weighted by Gasteiger charge is 2.29. The Labute approximate surface area is 156 Å². The number of amides is 2. The number of primary amides is 1. The van der Waals surface area contributed by atoms with E-state index in [1.54, 1.807) is 6.07 Å². The average molecular weight is 397 g/mol. The van der Waals surface area contributed by atoms with E-state index in [0.29, 0.717) is 5.56 Å². The van der Waals surface area contributed by atoms with Crippen molar-refractivity contribution >= 4 is 17.5 Å². The normalized spacial score (nSPS) is 11.0. The van der Waals surface area contributed by atoms with Gasteiger partial charge in [0.1, 0.15) is 11.3 Å². The highest BCUT2D eigenvalue weighted by molar-refractivity contribution is 5.98. The Kier molecular flexibility index (Phi) is 6.18. The Morgan fingerprint density at radius 3 is 2.50 bits per heavy atom. The minimum absolute atomic E-state index is 0.0925. The number of hydrogen-bond donors (Lipinski definition) is 2. The molecule has 0 unspecified atom stereocenters. The van der Waals surface area contributed by atoms with E-state index >= 15 is 0 Å². The van der Waals surface area contributed by atoms with Crippen LogP contribution in [-0.4, -0.2) is 29.5 Å². The van der Waals surface area contributed by atoms with Gasteiger partial charge in [-0.25, -0.2) is 0 Å². The fourth-order valence-corrected chi connectivity index (χ4v) is 2.22. The van der Waals surface area contributed by atoms with Crippen molar-refractivity contribution < 1.29 is 32.4 Å². The van der Waals surface area contributed by atoms with E-state index < -0.39 is 40.8 Å². The van der Waals surface area contributed by atoms with Crippen molar-refractivity contribution in [1.29, 1.82) is 0 Å². The number of nitro benzene ring substituents is 1. The standard InChI is InChI=1S/C17H14F3N3O5/c18-17(19,20)9-28-12-4-5-14(23(26)27)13(7-12)16(25)22-8-10-2-1-3-11(6-10)15(21)24/h1-7H,8-9H2,(H2,21,24)(H,22,25). The SMILES string of the molecule is NC(=O)c1cccc(CNC(=O)c2cc(OCC(F)(F)F)ccc2[N+](=O)[O-])c1. The lowest BCUT2D eigenvalue weighted by molar-refractivity contribution is -0.385. The summed E-state index contributed by atoms with van der Waals surface area (Å²) >= 11 is 0. The molecule has 2 aromatic carbocycles. The van der Waals surface area contributed by atoms with Gasteiger partial charge in [-0.1, -0.05) is 12.1 Å². The van der Waals surface area contributed by atoms with Crippen molar-refractivity contribution in [1.82, 2.24) is 5.32 Å². The summed E-state index contributed by atoms with van der Waals surface area (Å²) in [6.45, 7) is -1.70. The third kappa shape index (κ3) is 5.69. The van der Waals surface area contributed by atoms with Gasteiger partial charge < -0.3 is 15.8 Å². The second kappa shape index (κ2) is 8.37. The Hall–Kier alpha value is -3.63. The quantitative estimate of drug-likeness (QED) is 0.549. The molecular formula is C17H14F3N3O5. The summed E-state index contributed by atoms with van der Waals surface area (Å²) in [6.07, 6.45) is -4.60. The largest absolute Gasteiger partial charge is 0.484 e. The summed E-state index contributed by atoms with van der Waals surface area (Å²) in [5.74, 6) is -1.91. The number of nitrogens with zero attached hydrogens (tertiary/aromatic N) is 1. The van der Waals surface area contributed by atoms with Crippen LogP contribution in [0.3, 0.4) is 0 Å². The summed E-state index contributed by atoms with van der Waals surface area (Å²) in [7, 11) is 0. The van der Waals surface area contributed by atoms with Crippen LogP contribution in [0.5, 0.6) is 5.75 Å². The Bertz CT molecular complexity index is 915. The van der Waals surface area contributed by atoms with E-state index in [0.717, 1.165) is 18.2 Å². The average Bonchev–Trinajstić information content (AvgIpc) is 2.63. The molecular weight excluding hydrogens is 383 g/mol. The molecule has 0 aliphatic rings. The van der Waals surface area contributed by atoms with Gasteiger partial charge in [0.25, 0.3) is 11.6 Å². The number of nitrogens with two attached hydrogens (primary N) is 1. The van der Waals surface area contributed by atoms with Gasteiger partial charge in [0.2, 0.25) is 5.91 Å². The van der Waals surface area contributed by atoms with Crippen LogP contribution in [0.1, 0.15) is 26.3 Å². The van der Waals surface area contributed by atoms with Gasteiger partial charge >= 0.3 is 6.18 Å². The number of alkyl halides is 3. The molecule has 0 spiro atoms. The maximum atomic E-state index is 12.3. The third-order valence-corrected chi connectivity index (χ3v) is 3.48. The number of benzene rings is 2. The molecule has 0 aliphatic carbocycles. The zero-order valence-electron chi connectivity index (χ0n) is 14.2. The molecule has 0 heterocycles. The number of halogens is 3. The molecule has 2 aromatic rings. The summed E-state index contributed by atoms with van der Waals surface area (Å²) in [5, 5.41) is 13.5. The second-order valence-corrected chi connectivity index (χ2v) is 5.59. The lowest BCUT2D eigenvalue weighted by Gasteiger charge is -2.11. The fraction of sp³-hybridized carbons (Fsp3) is 0.176. The number of hydrogen-bond acceptors (Lipinski definition) is 5. The molecule has 0 saturated carbocycles. The number of nitrogens with one attached hydrogen (secondary N) is 1. The van der Waals surface area contributed by atoms with Crippen LogP contribution in [0.15, 0.2) is 42.5 Å². The molecule has 0 aromatic heterocycles. The number of ether oxygens (including phenoxy) is 1. The van der Waals surface area contributed by atoms with E-state index in [-0.39, 0.29) is 17.9 Å². The minimum atomic E-state index is -4.60. The number of nitro groups is 1. The summed E-state index contributed by atoms with van der Waals surface area (Å²) in [5.41, 5.74) is 4.81. The van der Waals surface area contributed by atoms with Crippen molar-refractivity contribution in [3.8, 4) is 5.75 Å². The first-order valence-corrected chi connectivity index (χ1v) is 7.72. The number of rotatable bonds is 7. The van der Waals surface area contributed by atoms with Crippen molar-refractivity contribution in [2.75, 3.05) is 6.61 Å². The summed E-state index contributed by atoms with van der Waals surface area (Å²) < 4.78 is 41.3. The molecule has 28 heavy (non-hydrogen) atoms. The molecule has 0 atom stereocenters. The predicted octanol–water partition coefficient (Wildman–Crippen LogP) is 2.56. The number of carbonyl (C=O) groups excluding carboxylic acids is 2. The van der Waals surface area contributed by atoms with E-state index in [1.807, 2.05) is 0 Å². The maximum absolute atomic E-state index is 12.3. The third-order valence-electron chi connectivity index (χ3n) is 3.48. The monoisotopic (exact) mass is 397 g/mol. The van der Waals surface area contributed by atoms with Crippen molar-refractivity contribution in [3.63, 3.8) is 0 Å². The maximum Gasteiger partial charge on any atom is 0.422 e. The van der Waals surface area contributed by atoms with Crippen LogP contribution in [0.4, 0.5) is 18.9 Å². The van der Waals surface area contributed by atoms with Crippen LogP contribution in [-0.2, 0) is 6.54 Å². The van der Waals surface area contributed by atoms with E-state index in [2.05, 4.69) is 10.1 Å². The van der Waals surface area contributed by atoms with Crippen LogP contribution >= 0.6 is 0 Å². The van der Waals surface area contributed by atoms with Crippen molar-refractivity contribution in [2.24, 2.45) is 5.73 Å². The minimum Gasteiger partial charge on any atom is -0.484 e. The van der Waals surface area contributed by atoms with E-state index in [4.69, 9.17) is 5.73 Å². The molecule has 148 valence electrons. The van der Waals surface area contributed by atoms with Crippen LogP contribution < -0.4 is 15.8 Å². The molecule has 2 amide bonds. The Morgan fingerprint density at radius 2 is 1.89 bits per heavy atom. The van der Waals surface area contributed by atoms with Gasteiger partial charge in [-0.2, -0.15) is 13.2 Å². The molecule has 2 rings (SSSR count). The summed E-state index contributed by atoms with van der Waals surface area (Å²) in [6, 6.07) is 8.74. The van der Waals surface area contributed by atoms with Gasteiger partial charge in [0.15, 0.2) is 6.61 Å². The first-order valence-electron chi connectivity index (χ1n) is 7.72. The first kappa shape index (κ1) is 20.7. The zero-order chi connectivity index (χ0) is 20.9. The second-order valence-electron chi connectivity index (χ2n) is 5.59. The zero-order valence-corrected chi connectivity index (χ0v) is 14.2. The van der Waals surface area contributed by atoms with Gasteiger partial charge in [0.05, 0.1) is 4.92 Å². The predicted molar refractivity (Wildman–Crippen MR) is 90.8 cm³/mol. The van der Waals surface area contributed by atoms with Gasteiger partial charge in [-0.3, -0.25) is 19.7 Å². The molecule has 0 bridgehead atoms. The van der Waals surface area contributed by atoms with Crippen molar-refractivity contribution in [2.45, 2.75) is 12.7 Å². The molecule has 11 heteroatoms. The topological polar surface area (TPSA) is 125 Å². The molecule has 0 fully saturated rings. The molecule has 0 saturated heterocycles. The van der Waals surface area contributed by atoms with Crippen molar-refractivity contribution in [3.05, 3.63) is 69.3 Å². The van der Waals surface area contributed by atoms with Crippen LogP contribution in [0, 0.1) is 10.1 Å². The van der Waals surface area contributed by atoms with Gasteiger partial charge in [-0.05, 0) is 29.8 Å². The van der Waals surface area contributed by atoms with Gasteiger partial charge in [0, 0.05) is 18.2 Å². The van der Waals surface area contributed by atoms with Crippen LogP contribution in [0.2, 0.25) is 0 Å². The van der Waals surface area contributed by atoms with E-state index in [1.165, 1.54) is 18.2 Å². The van der Waals surface area contributed by atoms with Crippen LogP contribution in [0.25, 0.3) is 0 Å². The number of carbonyl (C=O) groups is 2.